The third kappa shape index (κ3) is 4.79. The van der Waals surface area contributed by atoms with Crippen LogP contribution in [0.5, 0.6) is 0 Å². The summed E-state index contributed by atoms with van der Waals surface area (Å²) in [6.07, 6.45) is -2.91. The first-order valence-electron chi connectivity index (χ1n) is 4.86. The summed E-state index contributed by atoms with van der Waals surface area (Å²) in [4.78, 5) is 0. The van der Waals surface area contributed by atoms with E-state index in [9.17, 15) is 22.7 Å². The number of alkyl halides is 4. The molecule has 0 unspecified atom stereocenters. The van der Waals surface area contributed by atoms with Gasteiger partial charge in [-0.3, -0.25) is 0 Å². The second-order valence-electron chi connectivity index (χ2n) is 3.60. The Morgan fingerprint density at radius 1 is 1.13 bits per heavy atom. The highest BCUT2D eigenvalue weighted by molar-refractivity contribution is 4.80. The van der Waals surface area contributed by atoms with Crippen molar-refractivity contribution < 1.29 is 22.7 Å². The molecule has 0 heterocycles. The smallest absolute Gasteiger partial charge is 0.319 e. The molecule has 0 radical (unpaired) electrons. The van der Waals surface area contributed by atoms with Crippen LogP contribution in [-0.2, 0) is 0 Å². The van der Waals surface area contributed by atoms with Crippen molar-refractivity contribution in [1.82, 2.24) is 5.32 Å². The van der Waals surface area contributed by atoms with Crippen molar-refractivity contribution >= 4 is 0 Å². The first-order valence-corrected chi connectivity index (χ1v) is 4.86. The van der Waals surface area contributed by atoms with E-state index >= 15 is 0 Å². The van der Waals surface area contributed by atoms with E-state index < -0.39 is 24.5 Å². The number of aliphatic hydroxyl groups is 1. The van der Waals surface area contributed by atoms with Crippen LogP contribution in [0.4, 0.5) is 17.6 Å². The molecule has 2 N–H and O–H groups in total. The second-order valence-corrected chi connectivity index (χ2v) is 3.60. The highest BCUT2D eigenvalue weighted by Crippen LogP contribution is 2.22. The van der Waals surface area contributed by atoms with Crippen molar-refractivity contribution in [3.63, 3.8) is 0 Å². The van der Waals surface area contributed by atoms with E-state index in [0.29, 0.717) is 12.8 Å². The van der Waals surface area contributed by atoms with E-state index in [1.807, 2.05) is 0 Å². The van der Waals surface area contributed by atoms with Gasteiger partial charge in [-0.15, -0.1) is 0 Å². The van der Waals surface area contributed by atoms with E-state index in [1.54, 1.807) is 13.8 Å². The van der Waals surface area contributed by atoms with Gasteiger partial charge in [-0.1, -0.05) is 13.8 Å². The lowest BCUT2D eigenvalue weighted by atomic mass is 9.97. The number of rotatable bonds is 7. The normalized spacial score (nSPS) is 13.6. The van der Waals surface area contributed by atoms with Crippen molar-refractivity contribution in [3.8, 4) is 0 Å². The molecule has 0 atom stereocenters. The molecule has 0 aromatic rings. The van der Waals surface area contributed by atoms with Gasteiger partial charge in [-0.25, -0.2) is 8.78 Å². The van der Waals surface area contributed by atoms with E-state index in [-0.39, 0.29) is 6.54 Å². The molecule has 0 saturated carbocycles. The summed E-state index contributed by atoms with van der Waals surface area (Å²) < 4.78 is 48.4. The van der Waals surface area contributed by atoms with Crippen LogP contribution in [0.2, 0.25) is 0 Å². The Hall–Kier alpha value is -0.360. The van der Waals surface area contributed by atoms with Crippen LogP contribution in [0.25, 0.3) is 0 Å². The Balaban J connectivity index is 3.98. The molecule has 0 aliphatic heterocycles. The molecule has 0 aromatic carbocycles. The van der Waals surface area contributed by atoms with Gasteiger partial charge in [-0.05, 0) is 12.8 Å². The molecule has 0 bridgehead atoms. The van der Waals surface area contributed by atoms with Crippen LogP contribution in [0.3, 0.4) is 0 Å². The predicted molar refractivity (Wildman–Crippen MR) is 49.4 cm³/mol. The maximum atomic E-state index is 12.4. The van der Waals surface area contributed by atoms with Gasteiger partial charge < -0.3 is 10.4 Å². The van der Waals surface area contributed by atoms with Crippen LogP contribution in [0.15, 0.2) is 0 Å². The number of nitrogens with one attached hydrogen (secondary N) is 1. The third-order valence-corrected chi connectivity index (χ3v) is 2.45. The summed E-state index contributed by atoms with van der Waals surface area (Å²) >= 11 is 0. The lowest BCUT2D eigenvalue weighted by molar-refractivity contribution is -0.127. The van der Waals surface area contributed by atoms with Crippen LogP contribution < -0.4 is 5.32 Å². The van der Waals surface area contributed by atoms with Crippen molar-refractivity contribution in [1.29, 1.82) is 0 Å². The van der Waals surface area contributed by atoms with E-state index in [1.165, 1.54) is 0 Å². The lowest BCUT2D eigenvalue weighted by Crippen LogP contribution is -2.46. The zero-order valence-electron chi connectivity index (χ0n) is 8.86. The summed E-state index contributed by atoms with van der Waals surface area (Å²) in [7, 11) is 0. The van der Waals surface area contributed by atoms with Gasteiger partial charge in [-0.2, -0.15) is 8.78 Å². The van der Waals surface area contributed by atoms with Crippen molar-refractivity contribution in [3.05, 3.63) is 0 Å². The third-order valence-electron chi connectivity index (χ3n) is 2.45. The summed E-state index contributed by atoms with van der Waals surface area (Å²) in [6.45, 7) is 2.18. The molecule has 15 heavy (non-hydrogen) atoms. The largest absolute Gasteiger partial charge is 0.389 e. The molecule has 0 fully saturated rings. The molecular weight excluding hydrogens is 214 g/mol. The average Bonchev–Trinajstić information content (AvgIpc) is 2.17. The first kappa shape index (κ1) is 14.6. The van der Waals surface area contributed by atoms with Crippen molar-refractivity contribution in [2.45, 2.75) is 44.6 Å². The van der Waals surface area contributed by atoms with E-state index in [0.717, 1.165) is 0 Å². The molecule has 92 valence electrons. The Morgan fingerprint density at radius 2 is 1.60 bits per heavy atom. The second kappa shape index (κ2) is 5.65. The Labute approximate surface area is 86.7 Å². The van der Waals surface area contributed by atoms with Gasteiger partial charge in [0.1, 0.15) is 0 Å². The van der Waals surface area contributed by atoms with E-state index in [4.69, 9.17) is 0 Å². The van der Waals surface area contributed by atoms with Gasteiger partial charge in [0.2, 0.25) is 0 Å². The minimum Gasteiger partial charge on any atom is -0.389 e. The number of hydrogen-bond donors (Lipinski definition) is 2. The highest BCUT2D eigenvalue weighted by atomic mass is 19.3. The molecule has 0 aliphatic rings. The fourth-order valence-corrected chi connectivity index (χ4v) is 1.04. The molecule has 6 heteroatoms. The van der Waals surface area contributed by atoms with Gasteiger partial charge in [0.25, 0.3) is 0 Å². The number of hydrogen-bond acceptors (Lipinski definition) is 2. The number of halogens is 4. The van der Waals surface area contributed by atoms with Gasteiger partial charge in [0.15, 0.2) is 0 Å². The predicted octanol–water partition coefficient (Wildman–Crippen LogP) is 2.03. The first-order chi connectivity index (χ1) is 6.77. The van der Waals surface area contributed by atoms with Crippen molar-refractivity contribution in [2.24, 2.45) is 0 Å². The molecule has 0 rings (SSSR count). The van der Waals surface area contributed by atoms with Gasteiger partial charge >= 0.3 is 12.3 Å². The maximum absolute atomic E-state index is 12.4. The monoisotopic (exact) mass is 231 g/mol. The molecular formula is C9H17F4NO. The van der Waals surface area contributed by atoms with Crippen molar-refractivity contribution in [2.75, 3.05) is 13.1 Å². The molecule has 0 aliphatic carbocycles. The summed E-state index contributed by atoms with van der Waals surface area (Å²) in [5.41, 5.74) is -1.10. The van der Waals surface area contributed by atoms with Gasteiger partial charge in [0.05, 0.1) is 12.1 Å². The Bertz CT molecular complexity index is 178. The SMILES string of the molecule is CCC(O)(CC)CNCC(F)(F)C(F)F. The molecule has 0 aromatic heterocycles. The average molecular weight is 231 g/mol. The molecule has 0 saturated heterocycles. The quantitative estimate of drug-likeness (QED) is 0.657. The zero-order valence-corrected chi connectivity index (χ0v) is 8.86. The Morgan fingerprint density at radius 3 is 1.93 bits per heavy atom. The summed E-state index contributed by atoms with van der Waals surface area (Å²) in [6, 6.07) is 0. The van der Waals surface area contributed by atoms with Crippen LogP contribution >= 0.6 is 0 Å². The molecule has 2 nitrogen and oxygen atoms in total. The van der Waals surface area contributed by atoms with Crippen LogP contribution in [0, 0.1) is 0 Å². The fraction of sp³-hybridized carbons (Fsp3) is 1.00. The maximum Gasteiger partial charge on any atom is 0.319 e. The summed E-state index contributed by atoms with van der Waals surface area (Å²) in [5, 5.41) is 11.8. The minimum absolute atomic E-state index is 0.109. The van der Waals surface area contributed by atoms with Crippen LogP contribution in [-0.4, -0.2) is 36.1 Å². The minimum atomic E-state index is -4.04. The standard InChI is InChI=1S/C9H17F4NO/c1-3-8(15,4-2)5-14-6-9(12,13)7(10)11/h7,14-15H,3-6H2,1-2H3. The fourth-order valence-electron chi connectivity index (χ4n) is 1.04. The molecule has 0 amide bonds. The molecule has 0 spiro atoms. The van der Waals surface area contributed by atoms with Gasteiger partial charge in [0, 0.05) is 6.54 Å². The topological polar surface area (TPSA) is 32.3 Å². The zero-order chi connectivity index (χ0) is 12.1. The highest BCUT2D eigenvalue weighted by Gasteiger charge is 2.40. The van der Waals surface area contributed by atoms with E-state index in [2.05, 4.69) is 5.32 Å². The van der Waals surface area contributed by atoms with Crippen LogP contribution in [0.1, 0.15) is 26.7 Å². The lowest BCUT2D eigenvalue weighted by Gasteiger charge is -2.26. The summed E-state index contributed by atoms with van der Waals surface area (Å²) in [5.74, 6) is -4.04. The Kier molecular flexibility index (Phi) is 5.51.